The molecule has 0 amide bonds. The molecule has 29 heavy (non-hydrogen) atoms. The molecule has 0 saturated carbocycles. The Hall–Kier alpha value is -2.06. The summed E-state index contributed by atoms with van der Waals surface area (Å²) in [4.78, 5) is 23.7. The molecule has 0 spiro atoms. The van der Waals surface area contributed by atoms with E-state index < -0.39 is 73.0 Å². The van der Waals surface area contributed by atoms with Crippen LogP contribution in [0.15, 0.2) is 24.0 Å². The quantitative estimate of drug-likeness (QED) is 0.194. The average molecular weight is 418 g/mol. The molecule has 0 aromatic heterocycles. The van der Waals surface area contributed by atoms with E-state index in [1.807, 2.05) is 0 Å². The highest BCUT2D eigenvalue weighted by Gasteiger charge is 2.59. The van der Waals surface area contributed by atoms with Gasteiger partial charge in [0.25, 0.3) is 0 Å². The maximum Gasteiger partial charge on any atom is 0.340 e. The van der Waals surface area contributed by atoms with Gasteiger partial charge in [-0.05, 0) is 6.08 Å². The molecule has 9 atom stereocenters. The zero-order chi connectivity index (χ0) is 21.5. The first-order chi connectivity index (χ1) is 13.7. The number of allylic oxidation sites excluding steroid dienone is 1. The van der Waals surface area contributed by atoms with Crippen LogP contribution in [0.25, 0.3) is 0 Å². The van der Waals surface area contributed by atoms with Crippen LogP contribution in [0.2, 0.25) is 0 Å². The third-order valence-electron chi connectivity index (χ3n) is 5.31. The SMILES string of the molecule is COC(=O)C1=COC(OC2OC(CO)C(O)C(O)C2O)C2C1C=CC2(O)C(=O)O. The summed E-state index contributed by atoms with van der Waals surface area (Å²) in [5, 5.41) is 59.2. The van der Waals surface area contributed by atoms with Gasteiger partial charge in [0.05, 0.1) is 31.5 Å². The maximum atomic E-state index is 12.0. The van der Waals surface area contributed by atoms with Crippen molar-refractivity contribution in [2.24, 2.45) is 11.8 Å². The molecule has 6 N–H and O–H groups in total. The first kappa shape index (κ1) is 21.6. The van der Waals surface area contributed by atoms with Crippen LogP contribution in [0.5, 0.6) is 0 Å². The number of rotatable bonds is 5. The van der Waals surface area contributed by atoms with E-state index in [4.69, 9.17) is 14.2 Å². The van der Waals surface area contributed by atoms with Gasteiger partial charge in [0.15, 0.2) is 11.9 Å². The highest BCUT2D eigenvalue weighted by molar-refractivity contribution is 5.91. The predicted molar refractivity (Wildman–Crippen MR) is 88.5 cm³/mol. The number of methoxy groups -OCH3 is 1. The summed E-state index contributed by atoms with van der Waals surface area (Å²) < 4.78 is 20.7. The molecule has 0 bridgehead atoms. The van der Waals surface area contributed by atoms with E-state index in [2.05, 4.69) is 4.74 Å². The van der Waals surface area contributed by atoms with Gasteiger partial charge in [-0.2, -0.15) is 0 Å². The summed E-state index contributed by atoms with van der Waals surface area (Å²) in [5.41, 5.74) is -2.53. The second kappa shape index (κ2) is 7.99. The number of carboxylic acids is 1. The van der Waals surface area contributed by atoms with Crippen molar-refractivity contribution in [2.45, 2.75) is 42.6 Å². The van der Waals surface area contributed by atoms with Crippen LogP contribution in [-0.2, 0) is 28.5 Å². The number of aliphatic hydroxyl groups is 5. The van der Waals surface area contributed by atoms with E-state index in [-0.39, 0.29) is 5.57 Å². The van der Waals surface area contributed by atoms with Crippen LogP contribution in [0.4, 0.5) is 0 Å². The van der Waals surface area contributed by atoms with Gasteiger partial charge in [-0.3, -0.25) is 0 Å². The van der Waals surface area contributed by atoms with Gasteiger partial charge in [0.1, 0.15) is 24.4 Å². The van der Waals surface area contributed by atoms with Crippen LogP contribution in [0, 0.1) is 11.8 Å². The lowest BCUT2D eigenvalue weighted by atomic mass is 9.79. The maximum absolute atomic E-state index is 12.0. The number of hydrogen-bond donors (Lipinski definition) is 6. The smallest absolute Gasteiger partial charge is 0.340 e. The van der Waals surface area contributed by atoms with Crippen molar-refractivity contribution in [1.82, 2.24) is 0 Å². The molecule has 162 valence electrons. The zero-order valence-electron chi connectivity index (χ0n) is 15.2. The van der Waals surface area contributed by atoms with E-state index in [0.717, 1.165) is 19.4 Å². The van der Waals surface area contributed by atoms with Gasteiger partial charge in [-0.25, -0.2) is 9.59 Å². The highest BCUT2D eigenvalue weighted by Crippen LogP contribution is 2.46. The molecule has 2 aliphatic heterocycles. The van der Waals surface area contributed by atoms with Crippen molar-refractivity contribution >= 4 is 11.9 Å². The van der Waals surface area contributed by atoms with Gasteiger partial charge in [0.2, 0.25) is 6.29 Å². The first-order valence-corrected chi connectivity index (χ1v) is 8.70. The summed E-state index contributed by atoms with van der Waals surface area (Å²) in [7, 11) is 1.12. The molecule has 1 saturated heterocycles. The molecule has 2 heterocycles. The minimum atomic E-state index is -2.48. The molecular formula is C17H22O12. The fourth-order valence-corrected chi connectivity index (χ4v) is 3.68. The van der Waals surface area contributed by atoms with E-state index in [0.29, 0.717) is 0 Å². The third kappa shape index (κ3) is 3.53. The first-order valence-electron chi connectivity index (χ1n) is 8.70. The second-order valence-electron chi connectivity index (χ2n) is 6.94. The normalized spacial score (nSPS) is 43.9. The Morgan fingerprint density at radius 1 is 1.17 bits per heavy atom. The monoisotopic (exact) mass is 418 g/mol. The molecule has 0 radical (unpaired) electrons. The number of aliphatic carboxylic acids is 1. The minimum absolute atomic E-state index is 0.0559. The van der Waals surface area contributed by atoms with Crippen molar-refractivity contribution in [3.05, 3.63) is 24.0 Å². The molecule has 3 rings (SSSR count). The number of ether oxygens (including phenoxy) is 4. The molecule has 12 nitrogen and oxygen atoms in total. The lowest BCUT2D eigenvalue weighted by molar-refractivity contribution is -0.345. The summed E-state index contributed by atoms with van der Waals surface area (Å²) >= 11 is 0. The van der Waals surface area contributed by atoms with E-state index in [1.165, 1.54) is 6.08 Å². The minimum Gasteiger partial charge on any atom is -0.479 e. The molecule has 9 unspecified atom stereocenters. The number of carboxylic acid groups (broad SMARTS) is 1. The van der Waals surface area contributed by atoms with E-state index >= 15 is 0 Å². The van der Waals surface area contributed by atoms with Gasteiger partial charge in [-0.15, -0.1) is 0 Å². The number of carbonyl (C=O) groups excluding carboxylic acids is 1. The van der Waals surface area contributed by atoms with Crippen molar-refractivity contribution < 1.29 is 59.2 Å². The van der Waals surface area contributed by atoms with Crippen molar-refractivity contribution in [1.29, 1.82) is 0 Å². The van der Waals surface area contributed by atoms with Crippen molar-refractivity contribution in [3.63, 3.8) is 0 Å². The Morgan fingerprint density at radius 3 is 2.45 bits per heavy atom. The molecular weight excluding hydrogens is 396 g/mol. The molecule has 1 fully saturated rings. The van der Waals surface area contributed by atoms with Crippen molar-refractivity contribution in [3.8, 4) is 0 Å². The summed E-state index contributed by atoms with van der Waals surface area (Å²) in [6, 6.07) is 0. The van der Waals surface area contributed by atoms with Gasteiger partial charge in [-0.1, -0.05) is 6.08 Å². The third-order valence-corrected chi connectivity index (χ3v) is 5.31. The summed E-state index contributed by atoms with van der Waals surface area (Å²) in [5.74, 6) is -4.75. The number of carbonyl (C=O) groups is 2. The van der Waals surface area contributed by atoms with Crippen LogP contribution >= 0.6 is 0 Å². The number of hydrogen-bond acceptors (Lipinski definition) is 11. The van der Waals surface area contributed by atoms with Crippen LogP contribution < -0.4 is 0 Å². The molecule has 0 aromatic rings. The molecule has 1 aliphatic carbocycles. The Morgan fingerprint density at radius 2 is 1.86 bits per heavy atom. The van der Waals surface area contributed by atoms with Crippen LogP contribution in [0.3, 0.4) is 0 Å². The number of esters is 1. The van der Waals surface area contributed by atoms with Gasteiger partial charge in [0, 0.05) is 5.92 Å². The van der Waals surface area contributed by atoms with Gasteiger partial charge < -0.3 is 49.6 Å². The standard InChI is InChI=1S/C17H22O12/c1-26-13(22)7-5-27-14(9-6(7)2-3-17(9,25)16(23)24)29-15-12(21)11(20)10(19)8(4-18)28-15/h2-3,5-6,8-12,14-15,18-21,25H,4H2,1H3,(H,23,24). The topological polar surface area (TPSA) is 192 Å². The fraction of sp³-hybridized carbons (Fsp3) is 0.647. The summed E-state index contributed by atoms with van der Waals surface area (Å²) in [6.45, 7) is -0.699. The lowest BCUT2D eigenvalue weighted by Crippen LogP contribution is -2.61. The molecule has 3 aliphatic rings. The van der Waals surface area contributed by atoms with Crippen LogP contribution in [0.1, 0.15) is 0 Å². The van der Waals surface area contributed by atoms with Crippen molar-refractivity contribution in [2.75, 3.05) is 13.7 Å². The fourth-order valence-electron chi connectivity index (χ4n) is 3.68. The van der Waals surface area contributed by atoms with Crippen LogP contribution in [-0.4, -0.2) is 98.9 Å². The predicted octanol–water partition coefficient (Wildman–Crippen LogP) is -3.17. The zero-order valence-corrected chi connectivity index (χ0v) is 15.2. The Balaban J connectivity index is 1.89. The Labute approximate surface area is 164 Å². The largest absolute Gasteiger partial charge is 0.479 e. The Kier molecular flexibility index (Phi) is 5.96. The van der Waals surface area contributed by atoms with E-state index in [1.54, 1.807) is 0 Å². The highest BCUT2D eigenvalue weighted by atomic mass is 16.8. The number of aliphatic hydroxyl groups excluding tert-OH is 4. The summed E-state index contributed by atoms with van der Waals surface area (Å²) in [6.07, 6.45) is -6.29. The lowest BCUT2D eigenvalue weighted by Gasteiger charge is -2.43. The molecule has 0 aromatic carbocycles. The average Bonchev–Trinajstić information content (AvgIpc) is 3.07. The second-order valence-corrected chi connectivity index (χ2v) is 6.94. The van der Waals surface area contributed by atoms with Gasteiger partial charge >= 0.3 is 11.9 Å². The Bertz CT molecular complexity index is 717. The number of fused-ring (bicyclic) bond motifs is 1. The van der Waals surface area contributed by atoms with E-state index in [9.17, 15) is 40.2 Å². The molecule has 12 heteroatoms.